The highest BCUT2D eigenvalue weighted by molar-refractivity contribution is 6.15. The minimum atomic E-state index is -0.530. The topological polar surface area (TPSA) is 78.7 Å². The van der Waals surface area contributed by atoms with Crippen LogP contribution in [0, 0.1) is 0 Å². The molecule has 0 N–H and O–H groups in total. The molecule has 0 aliphatic rings. The van der Waals surface area contributed by atoms with Crippen LogP contribution in [0.1, 0.15) is 0 Å². The van der Waals surface area contributed by atoms with Crippen molar-refractivity contribution in [2.45, 2.75) is 0 Å². The van der Waals surface area contributed by atoms with Crippen LogP contribution in [0.4, 0.5) is 0 Å². The maximum atomic E-state index is 14.5. The van der Waals surface area contributed by atoms with E-state index in [1.54, 1.807) is 0 Å². The second kappa shape index (κ2) is 18.8. The summed E-state index contributed by atoms with van der Waals surface area (Å²) in [5.74, 6) is 1.31. The Morgan fingerprint density at radius 1 is 0.291 bits per heavy atom. The lowest BCUT2D eigenvalue weighted by atomic mass is 10.0. The van der Waals surface area contributed by atoms with Gasteiger partial charge in [0.1, 0.15) is 5.58 Å². The quantitative estimate of drug-likeness (QED) is 0.135. The Balaban J connectivity index is 1.07. The van der Waals surface area contributed by atoms with Gasteiger partial charge in [-0.2, -0.15) is 0 Å². The predicted molar refractivity (Wildman–Crippen MR) is 323 cm³/mol. The molecule has 370 valence electrons. The van der Waals surface area contributed by atoms with Crippen molar-refractivity contribution < 1.29 is 4.42 Å². The summed E-state index contributed by atoms with van der Waals surface area (Å²) in [5.41, 5.74) is 16.5. The second-order valence-corrected chi connectivity index (χ2v) is 19.9. The summed E-state index contributed by atoms with van der Waals surface area (Å²) in [5, 5.41) is 5.00. The van der Waals surface area contributed by atoms with E-state index in [0.717, 1.165) is 111 Å². The molecule has 0 amide bonds. The van der Waals surface area contributed by atoms with Gasteiger partial charge in [0.05, 0.1) is 38.8 Å². The lowest BCUT2D eigenvalue weighted by Crippen LogP contribution is -2.07. The molecule has 0 bridgehead atoms. The Morgan fingerprint density at radius 3 is 0.987 bits per heavy atom. The summed E-state index contributed by atoms with van der Waals surface area (Å²) >= 11 is 0. The number of hydrogen-bond donors (Lipinski definition) is 0. The van der Waals surface area contributed by atoms with Gasteiger partial charge in [-0.1, -0.05) is 206 Å². The van der Waals surface area contributed by atoms with Crippen LogP contribution in [0.15, 0.2) is 282 Å². The highest BCUT2D eigenvalue weighted by Crippen LogP contribution is 2.44. The lowest BCUT2D eigenvalue weighted by molar-refractivity contribution is 0.561. The van der Waals surface area contributed by atoms with E-state index in [4.69, 9.17) is 19.4 Å². The van der Waals surface area contributed by atoms with Crippen LogP contribution in [-0.2, 0) is 0 Å². The van der Waals surface area contributed by atoms with Crippen molar-refractivity contribution in [3.8, 4) is 90.0 Å². The average Bonchev–Trinajstić information content (AvgIpc) is 4.26. The molecule has 0 atom stereocenters. The zero-order valence-electron chi connectivity index (χ0n) is 42.5. The van der Waals surface area contributed by atoms with E-state index < -0.39 is 5.63 Å². The van der Waals surface area contributed by atoms with Gasteiger partial charge in [-0.3, -0.25) is 0 Å². The SMILES string of the molecule is O=c1cc(-c2nc(-c3ccccc3)nc(-c3ccccc3)n2)c2c(-n3c4ccc(-c5ccccc5)cc4c4cc(-c5ccccc5)ccc43)cc(-n3c4ccc(-c5ccccc5)cc4c4cc(-c5ccccc5)ccc43)cc2o1. The average molecular weight is 1010 g/mol. The van der Waals surface area contributed by atoms with Gasteiger partial charge in [0, 0.05) is 50.4 Å². The van der Waals surface area contributed by atoms with Crippen molar-refractivity contribution in [2.24, 2.45) is 0 Å². The summed E-state index contributed by atoms with van der Waals surface area (Å²) in [6.07, 6.45) is 0. The van der Waals surface area contributed by atoms with Crippen molar-refractivity contribution in [3.05, 3.63) is 283 Å². The van der Waals surface area contributed by atoms with Crippen LogP contribution >= 0.6 is 0 Å². The third-order valence-corrected chi connectivity index (χ3v) is 15.2. The predicted octanol–water partition coefficient (Wildman–Crippen LogP) is 17.8. The molecule has 7 heteroatoms. The third kappa shape index (κ3) is 7.99. The molecule has 7 nitrogen and oxygen atoms in total. The summed E-state index contributed by atoms with van der Waals surface area (Å²) in [6, 6.07) is 94.5. The molecule has 15 rings (SSSR count). The summed E-state index contributed by atoms with van der Waals surface area (Å²) in [4.78, 5) is 30.0. The maximum Gasteiger partial charge on any atom is 0.336 e. The van der Waals surface area contributed by atoms with Crippen LogP contribution in [0.2, 0.25) is 0 Å². The van der Waals surface area contributed by atoms with Crippen molar-refractivity contribution in [2.75, 3.05) is 0 Å². The fourth-order valence-electron chi connectivity index (χ4n) is 11.5. The fourth-order valence-corrected chi connectivity index (χ4v) is 11.5. The van der Waals surface area contributed by atoms with Crippen LogP contribution in [0.3, 0.4) is 0 Å². The molecule has 4 heterocycles. The van der Waals surface area contributed by atoms with E-state index in [2.05, 4.69) is 185 Å². The van der Waals surface area contributed by atoms with Crippen LogP contribution in [-0.4, -0.2) is 24.1 Å². The molecule has 0 saturated heterocycles. The molecule has 4 aromatic heterocycles. The second-order valence-electron chi connectivity index (χ2n) is 19.9. The minimum Gasteiger partial charge on any atom is -0.423 e. The summed E-state index contributed by atoms with van der Waals surface area (Å²) in [7, 11) is 0. The number of rotatable bonds is 9. The number of fused-ring (bicyclic) bond motifs is 7. The van der Waals surface area contributed by atoms with E-state index in [1.165, 1.54) is 6.07 Å². The normalized spacial score (nSPS) is 11.6. The Labute approximate surface area is 454 Å². The first-order chi connectivity index (χ1) is 39.1. The van der Waals surface area contributed by atoms with Gasteiger partial charge in [-0.15, -0.1) is 0 Å². The fraction of sp³-hybridized carbons (Fsp3) is 0. The van der Waals surface area contributed by atoms with Gasteiger partial charge in [-0.05, 0) is 99.1 Å². The molecular formula is C72H45N5O2. The number of nitrogens with zero attached hydrogens (tertiary/aromatic N) is 5. The van der Waals surface area contributed by atoms with E-state index in [-0.39, 0.29) is 0 Å². The van der Waals surface area contributed by atoms with Gasteiger partial charge < -0.3 is 13.6 Å². The first kappa shape index (κ1) is 45.6. The van der Waals surface area contributed by atoms with Gasteiger partial charge in [0.15, 0.2) is 17.5 Å². The van der Waals surface area contributed by atoms with E-state index >= 15 is 0 Å². The third-order valence-electron chi connectivity index (χ3n) is 15.2. The Hall–Kier alpha value is -10.8. The number of aromatic nitrogens is 5. The minimum absolute atomic E-state index is 0.344. The molecule has 0 spiro atoms. The number of benzene rings is 11. The van der Waals surface area contributed by atoms with Crippen LogP contribution in [0.25, 0.3) is 145 Å². The highest BCUT2D eigenvalue weighted by atomic mass is 16.4. The molecule has 0 fully saturated rings. The Morgan fingerprint density at radius 2 is 0.620 bits per heavy atom. The van der Waals surface area contributed by atoms with Crippen LogP contribution in [0.5, 0.6) is 0 Å². The summed E-state index contributed by atoms with van der Waals surface area (Å²) in [6.45, 7) is 0. The van der Waals surface area contributed by atoms with E-state index in [1.807, 2.05) is 91.0 Å². The first-order valence-corrected chi connectivity index (χ1v) is 26.4. The monoisotopic (exact) mass is 1010 g/mol. The maximum absolute atomic E-state index is 14.5. The van der Waals surface area contributed by atoms with Gasteiger partial charge in [-0.25, -0.2) is 19.7 Å². The molecule has 0 aliphatic heterocycles. The van der Waals surface area contributed by atoms with E-state index in [0.29, 0.717) is 34.0 Å². The molecule has 11 aromatic carbocycles. The van der Waals surface area contributed by atoms with Crippen LogP contribution < -0.4 is 5.63 Å². The standard InChI is InChI=1S/C72H45N5O2/c78-68-45-61(72-74-70(50-27-15-5-16-28-50)73-71(75-72)51-29-17-6-18-30-51)69-66(77-64-37-33-54(48-23-11-3-12-24-48)41-59(64)60-42-55(34-38-65(60)77)49-25-13-4-14-26-49)43-56(44-67(69)79-68)76-62-35-31-52(46-19-7-1-8-20-46)39-57(62)58-40-53(32-36-63(58)76)47-21-9-2-10-22-47/h1-45H. The van der Waals surface area contributed by atoms with Gasteiger partial charge in [0.2, 0.25) is 0 Å². The van der Waals surface area contributed by atoms with Crippen molar-refractivity contribution >= 4 is 54.6 Å². The smallest absolute Gasteiger partial charge is 0.336 e. The lowest BCUT2D eigenvalue weighted by Gasteiger charge is -2.18. The van der Waals surface area contributed by atoms with Crippen molar-refractivity contribution in [1.82, 2.24) is 24.1 Å². The zero-order valence-corrected chi connectivity index (χ0v) is 42.5. The molecule has 0 unspecified atom stereocenters. The van der Waals surface area contributed by atoms with Crippen molar-refractivity contribution in [3.63, 3.8) is 0 Å². The number of hydrogen-bond acceptors (Lipinski definition) is 5. The van der Waals surface area contributed by atoms with Gasteiger partial charge in [0.25, 0.3) is 0 Å². The zero-order chi connectivity index (χ0) is 52.4. The van der Waals surface area contributed by atoms with E-state index in [9.17, 15) is 4.79 Å². The van der Waals surface area contributed by atoms with Crippen molar-refractivity contribution in [1.29, 1.82) is 0 Å². The molecule has 0 radical (unpaired) electrons. The molecule has 15 aromatic rings. The molecule has 0 aliphatic carbocycles. The molecular weight excluding hydrogens is 967 g/mol. The largest absolute Gasteiger partial charge is 0.423 e. The Kier molecular flexibility index (Phi) is 10.9. The summed E-state index contributed by atoms with van der Waals surface area (Å²) < 4.78 is 11.2. The molecule has 79 heavy (non-hydrogen) atoms. The first-order valence-electron chi connectivity index (χ1n) is 26.4. The Bertz CT molecular complexity index is 4630. The van der Waals surface area contributed by atoms with Gasteiger partial charge >= 0.3 is 5.63 Å². The molecule has 0 saturated carbocycles. The highest BCUT2D eigenvalue weighted by Gasteiger charge is 2.25.